The molecule has 1 atom stereocenters. The Labute approximate surface area is 256 Å². The molecule has 2 aromatic heterocycles. The van der Waals surface area contributed by atoms with Gasteiger partial charge in [-0.2, -0.15) is 0 Å². The monoisotopic (exact) mass is 701 g/mol. The minimum Gasteiger partial charge on any atom is -0.504 e. The largest absolute Gasteiger partial charge is 0.504 e. The van der Waals surface area contributed by atoms with Gasteiger partial charge in [0.1, 0.15) is 17.6 Å². The Kier molecular flexibility index (Phi) is 8.06. The van der Waals surface area contributed by atoms with E-state index in [1.54, 1.807) is 57.2 Å². The van der Waals surface area contributed by atoms with E-state index in [0.717, 1.165) is 16.9 Å². The molecule has 1 aliphatic heterocycles. The summed E-state index contributed by atoms with van der Waals surface area (Å²) < 4.78 is 19.1. The van der Waals surface area contributed by atoms with Gasteiger partial charge in [-0.1, -0.05) is 17.4 Å². The lowest BCUT2D eigenvalue weighted by Gasteiger charge is -2.22. The van der Waals surface area contributed by atoms with Crippen LogP contribution in [0.25, 0.3) is 17.4 Å². The normalized spacial score (nSPS) is 14.9. The summed E-state index contributed by atoms with van der Waals surface area (Å²) in [6.45, 7) is 5.27. The highest BCUT2D eigenvalue weighted by Crippen LogP contribution is 2.36. The number of hydrogen-bond donors (Lipinski definition) is 1. The lowest BCUT2D eigenvalue weighted by atomic mass is 10.0. The molecule has 5 rings (SSSR count). The minimum absolute atomic E-state index is 0.000906. The number of allylic oxidation sites excluding steroid dienone is 1. The van der Waals surface area contributed by atoms with Crippen molar-refractivity contribution in [3.63, 3.8) is 0 Å². The van der Waals surface area contributed by atoms with Crippen molar-refractivity contribution >= 4 is 51.7 Å². The second-order valence-electron chi connectivity index (χ2n) is 9.31. The molecule has 0 bridgehead atoms. The predicted molar refractivity (Wildman–Crippen MR) is 163 cm³/mol. The Bertz CT molecular complexity index is 1970. The molecule has 42 heavy (non-hydrogen) atoms. The lowest BCUT2D eigenvalue weighted by molar-refractivity contribution is -0.384. The molecule has 0 radical (unpaired) electrons. The van der Waals surface area contributed by atoms with Gasteiger partial charge < -0.3 is 19.0 Å². The summed E-state index contributed by atoms with van der Waals surface area (Å²) >= 11 is 3.12. The summed E-state index contributed by atoms with van der Waals surface area (Å²) in [5, 5.41) is 21.6. The maximum absolute atomic E-state index is 13.9. The second kappa shape index (κ2) is 11.6. The Morgan fingerprint density at radius 2 is 2.02 bits per heavy atom. The van der Waals surface area contributed by atoms with Crippen LogP contribution in [0.3, 0.4) is 0 Å². The van der Waals surface area contributed by atoms with Gasteiger partial charge in [0.25, 0.3) is 11.2 Å². The van der Waals surface area contributed by atoms with Crippen LogP contribution in [0.15, 0.2) is 67.9 Å². The zero-order valence-corrected chi connectivity index (χ0v) is 25.8. The fourth-order valence-electron chi connectivity index (χ4n) is 4.68. The molecule has 4 aromatic rings. The maximum Gasteiger partial charge on any atom is 0.338 e. The number of carbonyl (C=O) groups excluding carboxylic acids is 1. The Morgan fingerprint density at radius 1 is 1.26 bits per heavy atom. The second-order valence-corrected chi connectivity index (χ2v) is 11.5. The molecule has 13 heteroatoms. The number of hydrogen-bond acceptors (Lipinski definition) is 10. The molecule has 0 spiro atoms. The van der Waals surface area contributed by atoms with Crippen molar-refractivity contribution in [3.05, 3.63) is 104 Å². The van der Waals surface area contributed by atoms with E-state index in [2.05, 4.69) is 4.99 Å². The van der Waals surface area contributed by atoms with Gasteiger partial charge in [-0.3, -0.25) is 19.5 Å². The van der Waals surface area contributed by atoms with Crippen LogP contribution in [0.1, 0.15) is 36.8 Å². The molecule has 2 aromatic carbocycles. The Morgan fingerprint density at radius 3 is 2.71 bits per heavy atom. The molecule has 0 saturated heterocycles. The van der Waals surface area contributed by atoms with Crippen molar-refractivity contribution in [2.75, 3.05) is 13.7 Å². The molecule has 0 amide bonds. The van der Waals surface area contributed by atoms with E-state index in [-0.39, 0.29) is 35.1 Å². The number of halogens is 1. The SMILES string of the molecule is CCOC(=O)C1=C(C)N=c2s/c(=C\c3cc(I)c(O)c(OC)c3)c(=O)n2[C@@H]1c1ccc(-c2cc([N+](=O)[O-])ccc2C)o1. The van der Waals surface area contributed by atoms with E-state index in [9.17, 15) is 24.8 Å². The van der Waals surface area contributed by atoms with Crippen LogP contribution in [0.4, 0.5) is 5.69 Å². The molecule has 0 fully saturated rings. The fraction of sp³-hybridized carbons (Fsp3) is 0.207. The molecule has 0 unspecified atom stereocenters. The van der Waals surface area contributed by atoms with Crippen molar-refractivity contribution in [2.24, 2.45) is 4.99 Å². The fourth-order valence-corrected chi connectivity index (χ4v) is 6.35. The van der Waals surface area contributed by atoms with Gasteiger partial charge in [0.05, 0.1) is 38.0 Å². The Hall–Kier alpha value is -4.24. The maximum atomic E-state index is 13.9. The Balaban J connectivity index is 1.70. The first kappa shape index (κ1) is 29.3. The number of fused-ring (bicyclic) bond motifs is 1. The van der Waals surface area contributed by atoms with Crippen LogP contribution in [0.5, 0.6) is 11.5 Å². The predicted octanol–water partition coefficient (Wildman–Crippen LogP) is 4.59. The average Bonchev–Trinajstić information content (AvgIpc) is 3.55. The van der Waals surface area contributed by atoms with E-state index in [4.69, 9.17) is 13.9 Å². The van der Waals surface area contributed by atoms with Crippen molar-refractivity contribution in [3.8, 4) is 22.8 Å². The number of esters is 1. The molecule has 0 saturated carbocycles. The van der Waals surface area contributed by atoms with Crippen LogP contribution in [0.2, 0.25) is 0 Å². The number of aromatic hydroxyl groups is 1. The number of ether oxygens (including phenoxy) is 2. The summed E-state index contributed by atoms with van der Waals surface area (Å²) in [5.41, 5.74) is 1.90. The summed E-state index contributed by atoms with van der Waals surface area (Å²) in [7, 11) is 1.44. The molecule has 1 N–H and O–H groups in total. The number of furan rings is 1. The highest BCUT2D eigenvalue weighted by atomic mass is 127. The number of thiazole rings is 1. The van der Waals surface area contributed by atoms with Crippen molar-refractivity contribution in [1.29, 1.82) is 0 Å². The van der Waals surface area contributed by atoms with Crippen molar-refractivity contribution in [2.45, 2.75) is 26.8 Å². The first-order chi connectivity index (χ1) is 20.0. The number of phenolic OH excluding ortho intramolecular Hbond substituents is 1. The summed E-state index contributed by atoms with van der Waals surface area (Å²) in [5.74, 6) is 0.233. The third-order valence-corrected chi connectivity index (χ3v) is 8.48. The molecule has 3 heterocycles. The van der Waals surface area contributed by atoms with Crippen molar-refractivity contribution < 1.29 is 28.7 Å². The lowest BCUT2D eigenvalue weighted by Crippen LogP contribution is -2.39. The number of methoxy groups -OCH3 is 1. The highest BCUT2D eigenvalue weighted by molar-refractivity contribution is 14.1. The number of rotatable bonds is 7. The summed E-state index contributed by atoms with van der Waals surface area (Å²) in [6, 6.07) is 10.1. The van der Waals surface area contributed by atoms with Gasteiger partial charge in [0.2, 0.25) is 0 Å². The van der Waals surface area contributed by atoms with Gasteiger partial charge in [-0.15, -0.1) is 0 Å². The van der Waals surface area contributed by atoms with E-state index >= 15 is 0 Å². The highest BCUT2D eigenvalue weighted by Gasteiger charge is 2.35. The molecule has 1 aliphatic rings. The third kappa shape index (κ3) is 5.25. The first-order valence-electron chi connectivity index (χ1n) is 12.6. The number of benzene rings is 2. The molecule has 0 aliphatic carbocycles. The number of carbonyl (C=O) groups is 1. The summed E-state index contributed by atoms with van der Waals surface area (Å²) in [4.78, 5) is 42.9. The van der Waals surface area contributed by atoms with E-state index in [1.807, 2.05) is 22.6 Å². The topological polar surface area (TPSA) is 146 Å². The van der Waals surface area contributed by atoms with Crippen LogP contribution in [0, 0.1) is 20.6 Å². The van der Waals surface area contributed by atoms with E-state index in [0.29, 0.717) is 35.5 Å². The van der Waals surface area contributed by atoms with Gasteiger partial charge in [0, 0.05) is 17.7 Å². The standard InChI is InChI=1S/C29H24IN3O8S/c1-5-40-28(36)24-15(3)31-29-32(27(35)23(42-29)12-16-10-19(30)26(34)22(11-16)39-4)25(24)21-9-8-20(41-21)18-13-17(33(37)38)7-6-14(18)2/h6-13,25,34H,5H2,1-4H3/b23-12-/t25-/m1/s1. The summed E-state index contributed by atoms with van der Waals surface area (Å²) in [6.07, 6.45) is 1.66. The smallest absolute Gasteiger partial charge is 0.338 e. The van der Waals surface area contributed by atoms with E-state index in [1.165, 1.54) is 23.8 Å². The van der Waals surface area contributed by atoms with E-state index < -0.39 is 22.5 Å². The zero-order valence-electron chi connectivity index (χ0n) is 22.8. The number of nitro groups is 1. The van der Waals surface area contributed by atoms with Gasteiger partial charge in [0.15, 0.2) is 16.3 Å². The van der Waals surface area contributed by atoms with Gasteiger partial charge in [-0.05, 0) is 84.8 Å². The number of aromatic nitrogens is 1. The number of nitrogens with zero attached hydrogens (tertiary/aromatic N) is 3. The number of nitro benzene ring substituents is 1. The van der Waals surface area contributed by atoms with Gasteiger partial charge >= 0.3 is 5.97 Å². The van der Waals surface area contributed by atoms with Crippen LogP contribution in [-0.2, 0) is 9.53 Å². The van der Waals surface area contributed by atoms with Crippen molar-refractivity contribution in [1.82, 2.24) is 4.57 Å². The molecular weight excluding hydrogens is 677 g/mol. The average molecular weight is 701 g/mol. The number of non-ortho nitro benzene ring substituents is 1. The van der Waals surface area contributed by atoms with Crippen LogP contribution >= 0.6 is 33.9 Å². The van der Waals surface area contributed by atoms with Crippen LogP contribution in [-0.4, -0.2) is 34.3 Å². The molecular formula is C29H24IN3O8S. The molecule has 216 valence electrons. The zero-order chi connectivity index (χ0) is 30.3. The minimum atomic E-state index is -0.996. The number of aryl methyl sites for hydroxylation is 1. The van der Waals surface area contributed by atoms with Crippen LogP contribution < -0.4 is 19.6 Å². The quantitative estimate of drug-likeness (QED) is 0.127. The molecule has 11 nitrogen and oxygen atoms in total. The first-order valence-corrected chi connectivity index (χ1v) is 14.5. The number of phenols is 1. The van der Waals surface area contributed by atoms with Gasteiger partial charge in [-0.25, -0.2) is 9.79 Å². The third-order valence-electron chi connectivity index (χ3n) is 6.68.